The van der Waals surface area contributed by atoms with E-state index in [9.17, 15) is 9.59 Å². The van der Waals surface area contributed by atoms with Crippen molar-refractivity contribution in [1.82, 2.24) is 14.8 Å². The molecule has 27 heavy (non-hydrogen) atoms. The zero-order valence-corrected chi connectivity index (χ0v) is 15.5. The first kappa shape index (κ1) is 17.0. The van der Waals surface area contributed by atoms with Crippen molar-refractivity contribution >= 4 is 33.6 Å². The van der Waals surface area contributed by atoms with Gasteiger partial charge in [-0.05, 0) is 44.5 Å². The lowest BCUT2D eigenvalue weighted by molar-refractivity contribution is 0.102. The summed E-state index contributed by atoms with van der Waals surface area (Å²) in [5, 5.41) is 8.80. The number of hydrogen-bond donors (Lipinski definition) is 1. The molecule has 4 rings (SSSR count). The molecule has 0 aliphatic rings. The number of carbonyl (C=O) groups is 1. The van der Waals surface area contributed by atoms with Gasteiger partial charge in [-0.15, -0.1) is 0 Å². The Bertz CT molecular complexity index is 1280. The van der Waals surface area contributed by atoms with Crippen molar-refractivity contribution in [2.45, 2.75) is 20.8 Å². The van der Waals surface area contributed by atoms with Gasteiger partial charge in [0.05, 0.1) is 16.6 Å². The Morgan fingerprint density at radius 3 is 2.70 bits per heavy atom. The van der Waals surface area contributed by atoms with Crippen LogP contribution in [-0.4, -0.2) is 20.7 Å². The summed E-state index contributed by atoms with van der Waals surface area (Å²) < 4.78 is 6.92. The molecule has 1 aromatic carbocycles. The summed E-state index contributed by atoms with van der Waals surface area (Å²) in [5.74, 6) is -0.268. The number of amides is 1. The molecule has 1 amide bonds. The Labute approximate surface area is 154 Å². The summed E-state index contributed by atoms with van der Waals surface area (Å²) in [6.07, 6.45) is 0. The Morgan fingerprint density at radius 1 is 1.15 bits per heavy atom. The number of pyridine rings is 1. The van der Waals surface area contributed by atoms with E-state index < -0.39 is 5.63 Å². The van der Waals surface area contributed by atoms with Crippen molar-refractivity contribution < 1.29 is 9.21 Å². The molecule has 3 heterocycles. The topological polar surface area (TPSA) is 90.0 Å². The van der Waals surface area contributed by atoms with Crippen LogP contribution >= 0.6 is 0 Å². The van der Waals surface area contributed by atoms with Crippen LogP contribution in [0.25, 0.3) is 22.0 Å². The molecule has 0 unspecified atom stereocenters. The van der Waals surface area contributed by atoms with Crippen LogP contribution in [0.2, 0.25) is 0 Å². The average Bonchev–Trinajstić information content (AvgIpc) is 2.87. The zero-order valence-electron chi connectivity index (χ0n) is 15.5. The Kier molecular flexibility index (Phi) is 3.80. The van der Waals surface area contributed by atoms with E-state index in [2.05, 4.69) is 15.4 Å². The largest absolute Gasteiger partial charge is 0.423 e. The van der Waals surface area contributed by atoms with Crippen molar-refractivity contribution in [2.24, 2.45) is 7.05 Å². The second kappa shape index (κ2) is 6.05. The Hall–Kier alpha value is -3.48. The number of aryl methyl sites for hydroxylation is 4. The van der Waals surface area contributed by atoms with Crippen molar-refractivity contribution in [1.29, 1.82) is 0 Å². The first-order valence-corrected chi connectivity index (χ1v) is 8.50. The van der Waals surface area contributed by atoms with Gasteiger partial charge in [-0.25, -0.2) is 9.78 Å². The molecule has 0 spiro atoms. The number of anilines is 1. The van der Waals surface area contributed by atoms with Gasteiger partial charge in [0.15, 0.2) is 5.65 Å². The third kappa shape index (κ3) is 2.87. The van der Waals surface area contributed by atoms with E-state index in [4.69, 9.17) is 4.42 Å². The molecule has 7 heteroatoms. The second-order valence-electron chi connectivity index (χ2n) is 6.63. The lowest BCUT2D eigenvalue weighted by Gasteiger charge is -2.09. The summed E-state index contributed by atoms with van der Waals surface area (Å²) in [4.78, 5) is 29.0. The van der Waals surface area contributed by atoms with Crippen LogP contribution in [0.1, 0.15) is 27.3 Å². The number of nitrogens with zero attached hydrogens (tertiary/aromatic N) is 3. The van der Waals surface area contributed by atoms with Gasteiger partial charge in [0.25, 0.3) is 5.91 Å². The molecule has 0 aliphatic heterocycles. The molecule has 1 N–H and O–H groups in total. The molecule has 0 fully saturated rings. The summed E-state index contributed by atoms with van der Waals surface area (Å²) in [7, 11) is 1.80. The van der Waals surface area contributed by atoms with Crippen molar-refractivity contribution in [3.8, 4) is 0 Å². The van der Waals surface area contributed by atoms with Crippen molar-refractivity contribution in [3.05, 3.63) is 63.3 Å². The van der Waals surface area contributed by atoms with Gasteiger partial charge in [0.1, 0.15) is 5.58 Å². The van der Waals surface area contributed by atoms with Gasteiger partial charge >= 0.3 is 5.63 Å². The zero-order chi connectivity index (χ0) is 19.3. The fraction of sp³-hybridized carbons (Fsp3) is 0.200. The van der Waals surface area contributed by atoms with Crippen LogP contribution < -0.4 is 10.9 Å². The third-order valence-corrected chi connectivity index (χ3v) is 4.55. The minimum Gasteiger partial charge on any atom is -0.423 e. The van der Waals surface area contributed by atoms with Crippen molar-refractivity contribution in [2.75, 3.05) is 5.32 Å². The monoisotopic (exact) mass is 362 g/mol. The lowest BCUT2D eigenvalue weighted by Crippen LogP contribution is -2.13. The maximum atomic E-state index is 12.9. The first-order chi connectivity index (χ1) is 12.8. The van der Waals surface area contributed by atoms with Gasteiger partial charge < -0.3 is 9.73 Å². The molecule has 0 atom stereocenters. The molecule has 4 aromatic rings. The number of carbonyl (C=O) groups excluding carboxylic acids is 1. The highest BCUT2D eigenvalue weighted by Crippen LogP contribution is 2.24. The van der Waals surface area contributed by atoms with Gasteiger partial charge in [-0.2, -0.15) is 5.10 Å². The molecule has 0 saturated carbocycles. The van der Waals surface area contributed by atoms with E-state index in [0.29, 0.717) is 22.5 Å². The van der Waals surface area contributed by atoms with Crippen LogP contribution in [0.3, 0.4) is 0 Å². The van der Waals surface area contributed by atoms with Crippen LogP contribution in [0.4, 0.5) is 5.69 Å². The van der Waals surface area contributed by atoms with Crippen LogP contribution in [0.15, 0.2) is 39.5 Å². The van der Waals surface area contributed by atoms with E-state index in [0.717, 1.165) is 27.7 Å². The molecule has 0 saturated heterocycles. The average molecular weight is 362 g/mol. The smallest absolute Gasteiger partial charge is 0.336 e. The predicted octanol–water partition coefficient (Wildman–Crippen LogP) is 3.25. The molecule has 136 valence electrons. The highest BCUT2D eigenvalue weighted by atomic mass is 16.4. The summed E-state index contributed by atoms with van der Waals surface area (Å²) in [5.41, 5.74) is 4.04. The molecular formula is C20H18N4O3. The van der Waals surface area contributed by atoms with E-state index in [1.807, 2.05) is 26.8 Å². The molecule has 0 radical (unpaired) electrons. The summed E-state index contributed by atoms with van der Waals surface area (Å²) in [6, 6.07) is 8.46. The summed E-state index contributed by atoms with van der Waals surface area (Å²) >= 11 is 0. The van der Waals surface area contributed by atoms with Crippen LogP contribution in [0, 0.1) is 20.8 Å². The number of benzene rings is 1. The Morgan fingerprint density at radius 2 is 1.93 bits per heavy atom. The van der Waals surface area contributed by atoms with Crippen LogP contribution in [-0.2, 0) is 7.05 Å². The quantitative estimate of drug-likeness (QED) is 0.553. The highest BCUT2D eigenvalue weighted by molar-refractivity contribution is 6.13. The van der Waals surface area contributed by atoms with Gasteiger partial charge in [0.2, 0.25) is 0 Å². The standard InChI is InChI=1S/C20H18N4O3/c1-10-7-17(25)27-16-9-13(5-6-14(10)16)22-20(26)15-8-11(2)21-19-18(15)12(3)23-24(19)4/h5-9H,1-4H3,(H,22,26). The predicted molar refractivity (Wildman–Crippen MR) is 103 cm³/mol. The third-order valence-electron chi connectivity index (χ3n) is 4.55. The number of aromatic nitrogens is 3. The van der Waals surface area contributed by atoms with Gasteiger partial charge in [0, 0.05) is 35.9 Å². The van der Waals surface area contributed by atoms with Gasteiger partial charge in [-0.1, -0.05) is 0 Å². The van der Waals surface area contributed by atoms with E-state index in [1.165, 1.54) is 6.07 Å². The normalized spacial score (nSPS) is 11.3. The first-order valence-electron chi connectivity index (χ1n) is 8.50. The minimum atomic E-state index is -0.416. The maximum absolute atomic E-state index is 12.9. The maximum Gasteiger partial charge on any atom is 0.336 e. The Balaban J connectivity index is 1.78. The fourth-order valence-electron chi connectivity index (χ4n) is 3.35. The van der Waals surface area contributed by atoms with E-state index in [-0.39, 0.29) is 5.91 Å². The van der Waals surface area contributed by atoms with E-state index in [1.54, 1.807) is 29.9 Å². The molecule has 0 bridgehead atoms. The number of fused-ring (bicyclic) bond motifs is 2. The second-order valence-corrected chi connectivity index (χ2v) is 6.63. The highest BCUT2D eigenvalue weighted by Gasteiger charge is 2.18. The fourth-order valence-corrected chi connectivity index (χ4v) is 3.35. The van der Waals surface area contributed by atoms with Gasteiger partial charge in [-0.3, -0.25) is 9.48 Å². The van der Waals surface area contributed by atoms with Crippen molar-refractivity contribution in [3.63, 3.8) is 0 Å². The molecule has 7 nitrogen and oxygen atoms in total. The number of hydrogen-bond acceptors (Lipinski definition) is 5. The molecular weight excluding hydrogens is 344 g/mol. The van der Waals surface area contributed by atoms with E-state index >= 15 is 0 Å². The SMILES string of the molecule is Cc1cc(C(=O)Nc2ccc3c(C)cc(=O)oc3c2)c2c(C)nn(C)c2n1. The lowest BCUT2D eigenvalue weighted by atomic mass is 10.1. The number of nitrogens with one attached hydrogen (secondary N) is 1. The number of rotatable bonds is 2. The van der Waals surface area contributed by atoms with Crippen LogP contribution in [0.5, 0.6) is 0 Å². The minimum absolute atomic E-state index is 0.268. The molecule has 0 aliphatic carbocycles. The summed E-state index contributed by atoms with van der Waals surface area (Å²) in [6.45, 7) is 5.54. The molecule has 3 aromatic heterocycles.